The van der Waals surface area contributed by atoms with E-state index < -0.39 is 0 Å². The van der Waals surface area contributed by atoms with Crippen LogP contribution < -0.4 is 11.1 Å². The van der Waals surface area contributed by atoms with Crippen LogP contribution in [-0.4, -0.2) is 32.3 Å². The molecule has 1 fully saturated rings. The zero-order valence-corrected chi connectivity index (χ0v) is 11.2. The lowest BCUT2D eigenvalue weighted by atomic mass is 9.86. The van der Waals surface area contributed by atoms with Crippen LogP contribution in [-0.2, 0) is 7.05 Å². The van der Waals surface area contributed by atoms with E-state index in [0.717, 1.165) is 36.2 Å². The van der Waals surface area contributed by atoms with Crippen molar-refractivity contribution >= 4 is 16.9 Å². The highest BCUT2D eigenvalue weighted by molar-refractivity contribution is 5.85. The van der Waals surface area contributed by atoms with E-state index in [1.165, 1.54) is 12.8 Å². The van der Waals surface area contributed by atoms with E-state index in [0.29, 0.717) is 12.0 Å². The Balaban J connectivity index is 1.68. The van der Waals surface area contributed by atoms with Gasteiger partial charge >= 0.3 is 0 Å². The van der Waals surface area contributed by atoms with Gasteiger partial charge in [0.05, 0.1) is 11.6 Å². The van der Waals surface area contributed by atoms with Crippen molar-refractivity contribution in [1.29, 1.82) is 0 Å². The molecule has 0 aromatic carbocycles. The first kappa shape index (κ1) is 12.3. The van der Waals surface area contributed by atoms with Gasteiger partial charge in [-0.2, -0.15) is 5.10 Å². The zero-order valence-electron chi connectivity index (χ0n) is 11.2. The van der Waals surface area contributed by atoms with Gasteiger partial charge in [-0.1, -0.05) is 0 Å². The Kier molecular flexibility index (Phi) is 3.33. The van der Waals surface area contributed by atoms with Gasteiger partial charge in [-0.05, 0) is 31.6 Å². The van der Waals surface area contributed by atoms with E-state index in [9.17, 15) is 0 Å². The third-order valence-corrected chi connectivity index (χ3v) is 3.98. The Labute approximate surface area is 112 Å². The first-order chi connectivity index (χ1) is 9.24. The third-order valence-electron chi connectivity index (χ3n) is 3.98. The summed E-state index contributed by atoms with van der Waals surface area (Å²) in [5, 5.41) is 8.64. The molecule has 2 aromatic heterocycles. The van der Waals surface area contributed by atoms with Gasteiger partial charge in [0.15, 0.2) is 5.65 Å². The van der Waals surface area contributed by atoms with Crippen molar-refractivity contribution in [2.24, 2.45) is 18.7 Å². The lowest BCUT2D eigenvalue weighted by Crippen LogP contribution is -2.29. The summed E-state index contributed by atoms with van der Waals surface area (Å²) in [6, 6.07) is 0.403. The van der Waals surface area contributed by atoms with Crippen LogP contribution in [0.5, 0.6) is 0 Å². The fourth-order valence-corrected chi connectivity index (χ4v) is 2.74. The van der Waals surface area contributed by atoms with Crippen LogP contribution >= 0.6 is 0 Å². The zero-order chi connectivity index (χ0) is 13.2. The average Bonchev–Trinajstić information content (AvgIpc) is 2.81. The van der Waals surface area contributed by atoms with Crippen LogP contribution in [0.15, 0.2) is 12.5 Å². The molecule has 0 aliphatic heterocycles. The summed E-state index contributed by atoms with van der Waals surface area (Å²) in [7, 11) is 1.89. The summed E-state index contributed by atoms with van der Waals surface area (Å²) >= 11 is 0. The topological polar surface area (TPSA) is 81.7 Å². The van der Waals surface area contributed by atoms with Crippen molar-refractivity contribution in [1.82, 2.24) is 19.7 Å². The Morgan fingerprint density at radius 2 is 2.11 bits per heavy atom. The average molecular weight is 260 g/mol. The highest BCUT2D eigenvalue weighted by Gasteiger charge is 2.18. The van der Waals surface area contributed by atoms with E-state index >= 15 is 0 Å². The molecular weight excluding hydrogens is 240 g/mol. The van der Waals surface area contributed by atoms with Crippen molar-refractivity contribution in [2.75, 3.05) is 11.9 Å². The maximum absolute atomic E-state index is 5.93. The molecule has 0 spiro atoms. The maximum atomic E-state index is 5.93. The van der Waals surface area contributed by atoms with E-state index in [2.05, 4.69) is 20.4 Å². The number of nitrogens with zero attached hydrogens (tertiary/aromatic N) is 4. The molecule has 6 nitrogen and oxygen atoms in total. The van der Waals surface area contributed by atoms with Crippen LogP contribution in [0.4, 0.5) is 5.82 Å². The number of aromatic nitrogens is 4. The van der Waals surface area contributed by atoms with Gasteiger partial charge in [-0.3, -0.25) is 4.68 Å². The number of hydrogen-bond donors (Lipinski definition) is 2. The lowest BCUT2D eigenvalue weighted by molar-refractivity contribution is 0.338. The second kappa shape index (κ2) is 5.13. The Bertz CT molecular complexity index is 555. The van der Waals surface area contributed by atoms with E-state index in [1.807, 2.05) is 13.2 Å². The van der Waals surface area contributed by atoms with Crippen molar-refractivity contribution in [3.05, 3.63) is 12.5 Å². The predicted molar refractivity (Wildman–Crippen MR) is 74.7 cm³/mol. The van der Waals surface area contributed by atoms with E-state index in [-0.39, 0.29) is 0 Å². The lowest BCUT2D eigenvalue weighted by Gasteiger charge is -2.26. The van der Waals surface area contributed by atoms with Gasteiger partial charge in [0.1, 0.15) is 12.1 Å². The molecule has 6 heteroatoms. The van der Waals surface area contributed by atoms with Gasteiger partial charge < -0.3 is 11.1 Å². The molecule has 1 aliphatic carbocycles. The smallest absolute Gasteiger partial charge is 0.163 e. The van der Waals surface area contributed by atoms with Crippen LogP contribution in [0.2, 0.25) is 0 Å². The van der Waals surface area contributed by atoms with E-state index in [1.54, 1.807) is 11.0 Å². The van der Waals surface area contributed by atoms with Crippen LogP contribution in [0.3, 0.4) is 0 Å². The Hall–Kier alpha value is -1.69. The maximum Gasteiger partial charge on any atom is 0.163 e. The third kappa shape index (κ3) is 2.53. The Morgan fingerprint density at radius 1 is 1.32 bits per heavy atom. The highest BCUT2D eigenvalue weighted by atomic mass is 15.3. The molecule has 0 saturated heterocycles. The second-order valence-electron chi connectivity index (χ2n) is 5.39. The summed E-state index contributed by atoms with van der Waals surface area (Å²) in [5.74, 6) is 1.58. The van der Waals surface area contributed by atoms with Crippen LogP contribution in [0.25, 0.3) is 11.0 Å². The van der Waals surface area contributed by atoms with Crippen molar-refractivity contribution in [3.8, 4) is 0 Å². The molecule has 2 aromatic rings. The predicted octanol–water partition coefficient (Wildman–Crippen LogP) is 1.29. The molecule has 19 heavy (non-hydrogen) atoms. The number of hydrogen-bond acceptors (Lipinski definition) is 5. The number of aryl methyl sites for hydroxylation is 1. The van der Waals surface area contributed by atoms with Gasteiger partial charge in [0, 0.05) is 19.6 Å². The number of nitrogens with one attached hydrogen (secondary N) is 1. The minimum atomic E-state index is 0.403. The second-order valence-corrected chi connectivity index (χ2v) is 5.39. The van der Waals surface area contributed by atoms with Gasteiger partial charge in [0.2, 0.25) is 0 Å². The van der Waals surface area contributed by atoms with Crippen LogP contribution in [0, 0.1) is 5.92 Å². The molecule has 1 saturated carbocycles. The summed E-state index contributed by atoms with van der Waals surface area (Å²) in [6.07, 6.45) is 8.08. The van der Waals surface area contributed by atoms with Crippen LogP contribution in [0.1, 0.15) is 25.7 Å². The number of fused-ring (bicyclic) bond motifs is 1. The summed E-state index contributed by atoms with van der Waals surface area (Å²) in [6.45, 7) is 0.952. The van der Waals surface area contributed by atoms with Crippen molar-refractivity contribution in [2.45, 2.75) is 31.7 Å². The molecule has 3 rings (SSSR count). The van der Waals surface area contributed by atoms with Gasteiger partial charge in [-0.25, -0.2) is 9.97 Å². The SMILES string of the molecule is Cn1ncc2c(NCC3CCC(N)CC3)ncnc21. The summed E-state index contributed by atoms with van der Waals surface area (Å²) in [5.41, 5.74) is 6.79. The quantitative estimate of drug-likeness (QED) is 0.869. The molecule has 3 N–H and O–H groups in total. The van der Waals surface area contributed by atoms with Crippen molar-refractivity contribution < 1.29 is 0 Å². The molecule has 0 unspecified atom stereocenters. The standard InChI is InChI=1S/C13H20N6/c1-19-13-11(7-18-19)12(16-8-17-13)15-6-9-2-4-10(14)5-3-9/h7-10H,2-6,14H2,1H3,(H,15,16,17). The highest BCUT2D eigenvalue weighted by Crippen LogP contribution is 2.24. The van der Waals surface area contributed by atoms with Gasteiger partial charge in [-0.15, -0.1) is 0 Å². The molecule has 1 aliphatic rings. The number of nitrogens with two attached hydrogens (primary N) is 1. The molecule has 0 radical (unpaired) electrons. The summed E-state index contributed by atoms with van der Waals surface area (Å²) < 4.78 is 1.77. The molecule has 2 heterocycles. The van der Waals surface area contributed by atoms with Gasteiger partial charge in [0.25, 0.3) is 0 Å². The Morgan fingerprint density at radius 3 is 2.89 bits per heavy atom. The molecule has 102 valence electrons. The first-order valence-corrected chi connectivity index (χ1v) is 6.86. The fourth-order valence-electron chi connectivity index (χ4n) is 2.74. The summed E-state index contributed by atoms with van der Waals surface area (Å²) in [4.78, 5) is 8.56. The molecule has 0 atom stereocenters. The monoisotopic (exact) mass is 260 g/mol. The normalized spacial score (nSPS) is 23.7. The molecular formula is C13H20N6. The fraction of sp³-hybridized carbons (Fsp3) is 0.615. The molecule has 0 amide bonds. The minimum absolute atomic E-state index is 0.403. The largest absolute Gasteiger partial charge is 0.369 e. The van der Waals surface area contributed by atoms with Crippen molar-refractivity contribution in [3.63, 3.8) is 0 Å². The first-order valence-electron chi connectivity index (χ1n) is 6.86. The number of rotatable bonds is 3. The number of anilines is 1. The minimum Gasteiger partial charge on any atom is -0.369 e. The molecule has 0 bridgehead atoms. The van der Waals surface area contributed by atoms with E-state index in [4.69, 9.17) is 5.73 Å².